The van der Waals surface area contributed by atoms with Crippen LogP contribution in [0.2, 0.25) is 0 Å². The lowest BCUT2D eigenvalue weighted by atomic mass is 9.74. The van der Waals surface area contributed by atoms with Gasteiger partial charge in [0.2, 0.25) is 0 Å². The maximum Gasteiger partial charge on any atom is 0.00694 e. The Kier molecular flexibility index (Phi) is 4.09. The molecule has 0 fully saturated rings. The average molecular weight is 157 g/mol. The standard InChI is InChI=1S/C10H23N/c1-6-8(9(11)7-2)10(3,4)5/h8-9H,6-7,11H2,1-5H3. The fourth-order valence-corrected chi connectivity index (χ4v) is 1.84. The van der Waals surface area contributed by atoms with Crippen LogP contribution in [0.25, 0.3) is 0 Å². The van der Waals surface area contributed by atoms with Crippen molar-refractivity contribution in [3.8, 4) is 0 Å². The Morgan fingerprint density at radius 3 is 1.64 bits per heavy atom. The predicted molar refractivity (Wildman–Crippen MR) is 51.5 cm³/mol. The minimum atomic E-state index is 0.365. The lowest BCUT2D eigenvalue weighted by Crippen LogP contribution is -2.37. The smallest absolute Gasteiger partial charge is 0.00694 e. The van der Waals surface area contributed by atoms with Crippen LogP contribution in [-0.4, -0.2) is 6.04 Å². The van der Waals surface area contributed by atoms with Crippen molar-refractivity contribution in [2.45, 2.75) is 53.5 Å². The van der Waals surface area contributed by atoms with Gasteiger partial charge in [-0.2, -0.15) is 0 Å². The lowest BCUT2D eigenvalue weighted by Gasteiger charge is -2.34. The second-order valence-electron chi connectivity index (χ2n) is 4.45. The third kappa shape index (κ3) is 3.24. The molecule has 1 nitrogen and oxygen atoms in total. The van der Waals surface area contributed by atoms with Gasteiger partial charge in [0.1, 0.15) is 0 Å². The first kappa shape index (κ1) is 11.0. The highest BCUT2D eigenvalue weighted by atomic mass is 14.7. The molecule has 0 aromatic heterocycles. The van der Waals surface area contributed by atoms with Crippen molar-refractivity contribution in [3.05, 3.63) is 0 Å². The fourth-order valence-electron chi connectivity index (χ4n) is 1.84. The van der Waals surface area contributed by atoms with Crippen LogP contribution in [0.4, 0.5) is 0 Å². The van der Waals surface area contributed by atoms with E-state index < -0.39 is 0 Å². The van der Waals surface area contributed by atoms with Crippen LogP contribution < -0.4 is 5.73 Å². The van der Waals surface area contributed by atoms with E-state index in [4.69, 9.17) is 5.73 Å². The van der Waals surface area contributed by atoms with Crippen molar-refractivity contribution in [2.75, 3.05) is 0 Å². The Morgan fingerprint density at radius 2 is 1.55 bits per heavy atom. The molecule has 68 valence electrons. The number of hydrogen-bond donors (Lipinski definition) is 1. The fraction of sp³-hybridized carbons (Fsp3) is 1.00. The van der Waals surface area contributed by atoms with E-state index in [0.717, 1.165) is 6.42 Å². The minimum absolute atomic E-state index is 0.365. The minimum Gasteiger partial charge on any atom is -0.327 e. The molecule has 0 radical (unpaired) electrons. The van der Waals surface area contributed by atoms with Gasteiger partial charge < -0.3 is 5.73 Å². The molecule has 0 saturated heterocycles. The van der Waals surface area contributed by atoms with Crippen molar-refractivity contribution >= 4 is 0 Å². The maximum absolute atomic E-state index is 6.01. The average Bonchev–Trinajstić information content (AvgIpc) is 1.86. The third-order valence-electron chi connectivity index (χ3n) is 2.54. The van der Waals surface area contributed by atoms with E-state index in [0.29, 0.717) is 17.4 Å². The topological polar surface area (TPSA) is 26.0 Å². The van der Waals surface area contributed by atoms with E-state index in [1.807, 2.05) is 0 Å². The quantitative estimate of drug-likeness (QED) is 0.670. The molecule has 1 heteroatoms. The molecule has 2 atom stereocenters. The van der Waals surface area contributed by atoms with Crippen LogP contribution in [0.3, 0.4) is 0 Å². The molecule has 0 aliphatic rings. The monoisotopic (exact) mass is 157 g/mol. The molecular weight excluding hydrogens is 134 g/mol. The zero-order valence-electron chi connectivity index (χ0n) is 8.65. The van der Waals surface area contributed by atoms with Gasteiger partial charge in [-0.1, -0.05) is 41.0 Å². The van der Waals surface area contributed by atoms with Crippen LogP contribution >= 0.6 is 0 Å². The van der Waals surface area contributed by atoms with Crippen molar-refractivity contribution in [1.29, 1.82) is 0 Å². The molecule has 0 saturated carbocycles. The van der Waals surface area contributed by atoms with Crippen LogP contribution in [0, 0.1) is 11.3 Å². The molecule has 0 aliphatic heterocycles. The Labute approximate surface area is 71.4 Å². The summed E-state index contributed by atoms with van der Waals surface area (Å²) in [6, 6.07) is 0.375. The summed E-state index contributed by atoms with van der Waals surface area (Å²) in [4.78, 5) is 0. The van der Waals surface area contributed by atoms with Crippen LogP contribution in [0.5, 0.6) is 0 Å². The van der Waals surface area contributed by atoms with Crippen molar-refractivity contribution in [2.24, 2.45) is 17.1 Å². The molecule has 0 spiro atoms. The van der Waals surface area contributed by atoms with Crippen molar-refractivity contribution in [1.82, 2.24) is 0 Å². The second-order valence-corrected chi connectivity index (χ2v) is 4.45. The summed E-state index contributed by atoms with van der Waals surface area (Å²) in [7, 11) is 0. The molecule has 2 N–H and O–H groups in total. The number of hydrogen-bond acceptors (Lipinski definition) is 1. The first-order valence-electron chi connectivity index (χ1n) is 4.69. The Morgan fingerprint density at radius 1 is 1.09 bits per heavy atom. The summed E-state index contributed by atoms with van der Waals surface area (Å²) in [6.45, 7) is 11.2. The van der Waals surface area contributed by atoms with E-state index in [9.17, 15) is 0 Å². The Balaban J connectivity index is 4.16. The van der Waals surface area contributed by atoms with Crippen LogP contribution in [0.1, 0.15) is 47.5 Å². The molecule has 11 heavy (non-hydrogen) atoms. The third-order valence-corrected chi connectivity index (χ3v) is 2.54. The van der Waals surface area contributed by atoms with Gasteiger partial charge in [-0.25, -0.2) is 0 Å². The molecule has 0 rings (SSSR count). The summed E-state index contributed by atoms with van der Waals surface area (Å²) < 4.78 is 0. The summed E-state index contributed by atoms with van der Waals surface area (Å²) in [6.07, 6.45) is 2.29. The first-order valence-corrected chi connectivity index (χ1v) is 4.69. The van der Waals surface area contributed by atoms with E-state index >= 15 is 0 Å². The molecule has 0 amide bonds. The van der Waals surface area contributed by atoms with Gasteiger partial charge in [-0.3, -0.25) is 0 Å². The van der Waals surface area contributed by atoms with Crippen molar-refractivity contribution < 1.29 is 0 Å². The molecule has 0 bridgehead atoms. The largest absolute Gasteiger partial charge is 0.327 e. The summed E-state index contributed by atoms with van der Waals surface area (Å²) in [5.41, 5.74) is 6.38. The van der Waals surface area contributed by atoms with Gasteiger partial charge in [0, 0.05) is 6.04 Å². The van der Waals surface area contributed by atoms with Crippen LogP contribution in [0.15, 0.2) is 0 Å². The summed E-state index contributed by atoms with van der Waals surface area (Å²) in [5.74, 6) is 0.660. The van der Waals surface area contributed by atoms with Gasteiger partial charge in [0.15, 0.2) is 0 Å². The maximum atomic E-state index is 6.01. The van der Waals surface area contributed by atoms with E-state index in [1.165, 1.54) is 6.42 Å². The van der Waals surface area contributed by atoms with Gasteiger partial charge in [0.05, 0.1) is 0 Å². The highest BCUT2D eigenvalue weighted by Gasteiger charge is 2.27. The molecule has 0 aromatic rings. The Bertz CT molecular complexity index is 102. The number of rotatable bonds is 3. The molecule has 0 aromatic carbocycles. The zero-order valence-corrected chi connectivity index (χ0v) is 8.65. The molecule has 2 unspecified atom stereocenters. The number of nitrogens with two attached hydrogens (primary N) is 1. The predicted octanol–water partition coefficient (Wildman–Crippen LogP) is 2.80. The van der Waals surface area contributed by atoms with Gasteiger partial charge >= 0.3 is 0 Å². The highest BCUT2D eigenvalue weighted by molar-refractivity contribution is 4.80. The van der Waals surface area contributed by atoms with Gasteiger partial charge in [-0.15, -0.1) is 0 Å². The normalized spacial score (nSPS) is 18.0. The highest BCUT2D eigenvalue weighted by Crippen LogP contribution is 2.31. The Hall–Kier alpha value is -0.0400. The lowest BCUT2D eigenvalue weighted by molar-refractivity contribution is 0.191. The molecule has 0 aliphatic carbocycles. The molecule has 0 heterocycles. The first-order chi connectivity index (χ1) is 4.93. The second kappa shape index (κ2) is 4.10. The van der Waals surface area contributed by atoms with Crippen LogP contribution in [-0.2, 0) is 0 Å². The van der Waals surface area contributed by atoms with E-state index in [2.05, 4.69) is 34.6 Å². The van der Waals surface area contributed by atoms with E-state index in [1.54, 1.807) is 0 Å². The summed E-state index contributed by atoms with van der Waals surface area (Å²) in [5, 5.41) is 0. The van der Waals surface area contributed by atoms with Gasteiger partial charge in [0.25, 0.3) is 0 Å². The van der Waals surface area contributed by atoms with Crippen molar-refractivity contribution in [3.63, 3.8) is 0 Å². The van der Waals surface area contributed by atoms with Gasteiger partial charge in [-0.05, 0) is 17.8 Å². The van der Waals surface area contributed by atoms with E-state index in [-0.39, 0.29) is 0 Å². The zero-order chi connectivity index (χ0) is 9.07. The SMILES string of the molecule is CCC(N)C(CC)C(C)(C)C. The summed E-state index contributed by atoms with van der Waals surface area (Å²) >= 11 is 0. The molecular formula is C10H23N.